The van der Waals surface area contributed by atoms with E-state index in [0.29, 0.717) is 19.6 Å². The molecular weight excluding hydrogens is 558 g/mol. The van der Waals surface area contributed by atoms with E-state index in [1.165, 1.54) is 96.3 Å². The van der Waals surface area contributed by atoms with E-state index >= 15 is 0 Å². The highest BCUT2D eigenvalue weighted by molar-refractivity contribution is 5.69. The van der Waals surface area contributed by atoms with Gasteiger partial charge in [-0.2, -0.15) is 0 Å². The van der Waals surface area contributed by atoms with Gasteiger partial charge in [0.2, 0.25) is 0 Å². The number of carbonyl (C=O) groups is 1. The number of hydrogen-bond acceptors (Lipinski definition) is 4. The van der Waals surface area contributed by atoms with Crippen molar-refractivity contribution in [2.45, 2.75) is 142 Å². The lowest BCUT2D eigenvalue weighted by Gasteiger charge is -2.18. The Kier molecular flexibility index (Phi) is 26.2. The third kappa shape index (κ3) is 23.1. The number of benzene rings is 1. The third-order valence-corrected chi connectivity index (χ3v) is 7.78. The van der Waals surface area contributed by atoms with Gasteiger partial charge in [0.25, 0.3) is 0 Å². The number of aryl methyl sites for hydroxylation is 1. The summed E-state index contributed by atoms with van der Waals surface area (Å²) >= 11 is 0. The molecule has 244 valence electrons. The van der Waals surface area contributed by atoms with Crippen molar-refractivity contribution in [3.63, 3.8) is 0 Å². The first-order valence-corrected chi connectivity index (χ1v) is 17.1. The average molecular weight is 618 g/mol. The second-order valence-electron chi connectivity index (χ2n) is 11.7. The molecule has 0 saturated carbocycles. The summed E-state index contributed by atoms with van der Waals surface area (Å²) < 4.78 is 19.7. The maximum atomic E-state index is 12.3. The molecule has 0 saturated heterocycles. The molecule has 0 amide bonds. The van der Waals surface area contributed by atoms with Crippen LogP contribution in [0.1, 0.15) is 128 Å². The van der Waals surface area contributed by atoms with Crippen LogP contribution in [0.5, 0.6) is 0 Å². The van der Waals surface area contributed by atoms with Crippen LogP contribution in [0.25, 0.3) is 0 Å². The van der Waals surface area contributed by atoms with Crippen LogP contribution < -0.4 is 17.0 Å². The van der Waals surface area contributed by atoms with Crippen molar-refractivity contribution in [2.24, 2.45) is 0 Å². The molecule has 0 aliphatic carbocycles. The van der Waals surface area contributed by atoms with Crippen LogP contribution >= 0.6 is 0 Å². The highest BCUT2D eigenvalue weighted by atomic mass is 35.5. The fraction of sp³-hybridized carbons (Fsp3) is 0.676. The summed E-state index contributed by atoms with van der Waals surface area (Å²) in [5, 5.41) is 0. The Morgan fingerprint density at radius 1 is 0.674 bits per heavy atom. The van der Waals surface area contributed by atoms with Crippen LogP contribution in [0.2, 0.25) is 0 Å². The average Bonchev–Trinajstić information content (AvgIpc) is 3.02. The zero-order chi connectivity index (χ0) is 29.8. The normalized spacial score (nSPS) is 11.7. The summed E-state index contributed by atoms with van der Waals surface area (Å²) in [5.41, 5.74) is 1.10. The highest BCUT2D eigenvalue weighted by Gasteiger charge is 2.14. The minimum absolute atomic E-state index is 0. The largest absolute Gasteiger partial charge is 1.00 e. The van der Waals surface area contributed by atoms with E-state index in [9.17, 15) is 4.79 Å². The molecule has 43 heavy (non-hydrogen) atoms. The van der Waals surface area contributed by atoms with Crippen LogP contribution in [0, 0.1) is 0 Å². The summed E-state index contributed by atoms with van der Waals surface area (Å²) in [6.45, 7) is 4.96. The maximum absolute atomic E-state index is 12.3. The van der Waals surface area contributed by atoms with E-state index in [-0.39, 0.29) is 31.1 Å². The first-order valence-electron chi connectivity index (χ1n) is 17.1. The Bertz CT molecular complexity index is 867. The lowest BCUT2D eigenvalue weighted by molar-refractivity contribution is -0.697. The molecule has 6 heteroatoms. The predicted octanol–water partition coefficient (Wildman–Crippen LogP) is 6.17. The smallest absolute Gasteiger partial charge is 0.306 e. The van der Waals surface area contributed by atoms with Gasteiger partial charge in [-0.05, 0) is 12.0 Å². The topological polar surface area (TPSA) is 48.6 Å². The van der Waals surface area contributed by atoms with Gasteiger partial charge in [0, 0.05) is 25.2 Å². The summed E-state index contributed by atoms with van der Waals surface area (Å²) in [5.74, 6) is -0.183. The number of esters is 1. The van der Waals surface area contributed by atoms with Gasteiger partial charge in [-0.1, -0.05) is 140 Å². The number of halogens is 1. The number of unbranched alkanes of at least 4 members (excludes halogenated alkanes) is 15. The second-order valence-corrected chi connectivity index (χ2v) is 11.7. The summed E-state index contributed by atoms with van der Waals surface area (Å²) in [4.78, 5) is 12.3. The fourth-order valence-corrected chi connectivity index (χ4v) is 5.15. The van der Waals surface area contributed by atoms with Crippen LogP contribution in [0.15, 0.2) is 60.9 Å². The molecule has 0 aliphatic heterocycles. The van der Waals surface area contributed by atoms with E-state index < -0.39 is 0 Å². The Morgan fingerprint density at radius 2 is 1.21 bits per heavy atom. The Labute approximate surface area is 269 Å². The monoisotopic (exact) mass is 617 g/mol. The summed E-state index contributed by atoms with van der Waals surface area (Å²) in [6.07, 6.45) is 26.7. The Hall–Kier alpha value is -1.95. The number of nitrogens with zero attached hydrogens (tertiary/aromatic N) is 1. The van der Waals surface area contributed by atoms with Crippen molar-refractivity contribution in [3.8, 4) is 0 Å². The molecule has 1 atom stereocenters. The van der Waals surface area contributed by atoms with E-state index in [4.69, 9.17) is 14.2 Å². The van der Waals surface area contributed by atoms with E-state index in [2.05, 4.69) is 11.5 Å². The molecule has 1 heterocycles. The van der Waals surface area contributed by atoms with Crippen LogP contribution in [-0.2, 0) is 32.2 Å². The first kappa shape index (κ1) is 39.1. The number of hydrogen-bond donors (Lipinski definition) is 0. The number of carbonyl (C=O) groups excluding carboxylic acids is 1. The maximum Gasteiger partial charge on any atom is 0.306 e. The molecule has 0 bridgehead atoms. The lowest BCUT2D eigenvalue weighted by Crippen LogP contribution is -3.00. The molecule has 5 nitrogen and oxygen atoms in total. The Morgan fingerprint density at radius 3 is 1.79 bits per heavy atom. The predicted molar refractivity (Wildman–Crippen MR) is 172 cm³/mol. The summed E-state index contributed by atoms with van der Waals surface area (Å²) in [7, 11) is 0. The van der Waals surface area contributed by atoms with Crippen molar-refractivity contribution in [1.82, 2.24) is 0 Å². The molecule has 0 spiro atoms. The third-order valence-electron chi connectivity index (χ3n) is 7.78. The van der Waals surface area contributed by atoms with Crippen LogP contribution in [0.3, 0.4) is 0 Å². The molecule has 0 fully saturated rings. The van der Waals surface area contributed by atoms with Crippen LogP contribution in [-0.4, -0.2) is 31.9 Å². The van der Waals surface area contributed by atoms with Gasteiger partial charge in [-0.3, -0.25) is 4.79 Å². The lowest BCUT2D eigenvalue weighted by atomic mass is 10.0. The number of pyridine rings is 1. The molecule has 1 aromatic heterocycles. The van der Waals surface area contributed by atoms with Crippen molar-refractivity contribution >= 4 is 5.97 Å². The van der Waals surface area contributed by atoms with Gasteiger partial charge < -0.3 is 26.6 Å². The molecule has 0 N–H and O–H groups in total. The van der Waals surface area contributed by atoms with Gasteiger partial charge in [-0.25, -0.2) is 4.57 Å². The van der Waals surface area contributed by atoms with Crippen molar-refractivity contribution in [1.29, 1.82) is 0 Å². The van der Waals surface area contributed by atoms with Crippen molar-refractivity contribution in [2.75, 3.05) is 19.8 Å². The molecule has 2 rings (SSSR count). The molecular formula is C37H60ClNO4. The summed E-state index contributed by atoms with van der Waals surface area (Å²) in [6, 6.07) is 16.1. The Balaban J connectivity index is 0.00000924. The van der Waals surface area contributed by atoms with E-state index in [1.54, 1.807) is 0 Å². The van der Waals surface area contributed by atoms with Crippen molar-refractivity contribution in [3.05, 3.63) is 66.5 Å². The van der Waals surface area contributed by atoms with E-state index in [0.717, 1.165) is 31.6 Å². The van der Waals surface area contributed by atoms with E-state index in [1.807, 2.05) is 60.9 Å². The minimum Gasteiger partial charge on any atom is -1.00 e. The number of rotatable bonds is 28. The van der Waals surface area contributed by atoms with Gasteiger partial charge in [0.15, 0.2) is 12.4 Å². The molecule has 0 radical (unpaired) electrons. The van der Waals surface area contributed by atoms with Gasteiger partial charge >= 0.3 is 5.97 Å². The minimum atomic E-state index is -0.265. The molecule has 0 unspecified atom stereocenters. The molecule has 0 aliphatic rings. The first-order chi connectivity index (χ1) is 20.8. The highest BCUT2D eigenvalue weighted by Crippen LogP contribution is 2.14. The van der Waals surface area contributed by atoms with Gasteiger partial charge in [0.1, 0.15) is 19.3 Å². The number of ether oxygens (including phenoxy) is 3. The number of aromatic nitrogens is 1. The SMILES string of the molecule is CCCCCCCCCCCCCCCCCCOC[C@H](COC(=O)CCC[n+]1ccccc1)OCc1ccccc1.[Cl-]. The quantitative estimate of drug-likeness (QED) is 0.0651. The van der Waals surface area contributed by atoms with Gasteiger partial charge in [0.05, 0.1) is 19.6 Å². The second kappa shape index (κ2) is 28.8. The van der Waals surface area contributed by atoms with Gasteiger partial charge in [-0.15, -0.1) is 0 Å². The standard InChI is InChI=1S/C37H60NO4.ClH/c1-2-3-4-5-6-7-8-9-10-11-12-13-14-15-16-23-31-40-33-36(41-32-35-25-19-17-20-26-35)34-42-37(39)27-24-30-38-28-21-18-22-29-38;/h17-22,25-26,28-29,36H,2-16,23-24,27,30-34H2,1H3;1H/q+1;/p-1/t36-;/m1./s1. The molecule has 2 aromatic rings. The molecule has 1 aromatic carbocycles. The van der Waals surface area contributed by atoms with Crippen LogP contribution in [0.4, 0.5) is 0 Å². The zero-order valence-electron chi connectivity index (χ0n) is 27.1. The zero-order valence-corrected chi connectivity index (χ0v) is 27.8. The van der Waals surface area contributed by atoms with Crippen molar-refractivity contribution < 1.29 is 36.0 Å². The fourth-order valence-electron chi connectivity index (χ4n) is 5.15.